The van der Waals surface area contributed by atoms with Crippen LogP contribution < -0.4 is 17.2 Å². The van der Waals surface area contributed by atoms with Crippen LogP contribution in [0.2, 0.25) is 0 Å². The lowest BCUT2D eigenvalue weighted by Crippen LogP contribution is -2.56. The Morgan fingerprint density at radius 3 is 2.19 bits per heavy atom. The first-order valence-electron chi connectivity index (χ1n) is 8.34. The van der Waals surface area contributed by atoms with Crippen molar-refractivity contribution in [3.8, 4) is 5.75 Å². The highest BCUT2D eigenvalue weighted by atomic mass is 16.4. The Labute approximate surface area is 151 Å². The van der Waals surface area contributed by atoms with E-state index in [0.717, 1.165) is 0 Å². The third kappa shape index (κ3) is 6.10. The van der Waals surface area contributed by atoms with Gasteiger partial charge in [0.15, 0.2) is 0 Å². The van der Waals surface area contributed by atoms with Crippen LogP contribution >= 0.6 is 0 Å². The Morgan fingerprint density at radius 2 is 1.69 bits per heavy atom. The number of aromatic hydroxyl groups is 1. The second-order valence-electron chi connectivity index (χ2n) is 5.92. The number of aliphatic carboxylic acids is 1. The number of unbranched alkanes of at least 4 members (excludes halogenated alkanes) is 1. The van der Waals surface area contributed by atoms with Crippen LogP contribution in [0.3, 0.4) is 0 Å². The third-order valence-electron chi connectivity index (χ3n) is 3.92. The second kappa shape index (κ2) is 10.5. The molecule has 9 heteroatoms. The van der Waals surface area contributed by atoms with Gasteiger partial charge in [0.1, 0.15) is 11.8 Å². The van der Waals surface area contributed by atoms with E-state index in [0.29, 0.717) is 29.8 Å². The molecule has 0 fully saturated rings. The van der Waals surface area contributed by atoms with Gasteiger partial charge in [0, 0.05) is 0 Å². The highest BCUT2D eigenvalue weighted by Gasteiger charge is 2.36. The van der Waals surface area contributed by atoms with Crippen molar-refractivity contribution in [2.75, 3.05) is 13.1 Å². The summed E-state index contributed by atoms with van der Waals surface area (Å²) in [6.07, 6.45) is 1.18. The van der Waals surface area contributed by atoms with Gasteiger partial charge < -0.3 is 27.4 Å². The Kier molecular flexibility index (Phi) is 8.70. The normalized spacial score (nSPS) is 13.0. The van der Waals surface area contributed by atoms with Crippen molar-refractivity contribution >= 4 is 17.8 Å². The summed E-state index contributed by atoms with van der Waals surface area (Å²) in [5.41, 5.74) is 17.3. The average molecular weight is 366 g/mol. The van der Waals surface area contributed by atoms with Crippen LogP contribution in [0.1, 0.15) is 24.8 Å². The number of hydrogen-bond donors (Lipinski definition) is 5. The van der Waals surface area contributed by atoms with Crippen molar-refractivity contribution < 1.29 is 24.6 Å². The van der Waals surface area contributed by atoms with Gasteiger partial charge in [0.05, 0.1) is 12.6 Å². The maximum absolute atomic E-state index is 12.7. The monoisotopic (exact) mass is 366 g/mol. The molecule has 0 bridgehead atoms. The molecule has 1 aromatic rings. The lowest BCUT2D eigenvalue weighted by atomic mass is 10.0. The largest absolute Gasteiger partial charge is 0.508 e. The standard InChI is InChI=1S/C17H26N4O5/c18-8-2-1-3-14(17(25)26)21(15(23)10-19)16(24)13(20)9-11-4-6-12(22)7-5-11/h4-7,13-14,22H,1-3,8-10,18-20H2,(H,25,26). The Bertz CT molecular complexity index is 620. The van der Waals surface area contributed by atoms with Crippen LogP contribution in [-0.4, -0.2) is 58.1 Å². The van der Waals surface area contributed by atoms with E-state index in [4.69, 9.17) is 17.2 Å². The van der Waals surface area contributed by atoms with Gasteiger partial charge in [-0.1, -0.05) is 12.1 Å². The predicted octanol–water partition coefficient (Wildman–Crippen LogP) is -0.842. The molecule has 0 spiro atoms. The fourth-order valence-corrected chi connectivity index (χ4v) is 2.55. The minimum absolute atomic E-state index is 0.0689. The summed E-state index contributed by atoms with van der Waals surface area (Å²) in [7, 11) is 0. The fourth-order valence-electron chi connectivity index (χ4n) is 2.55. The first-order chi connectivity index (χ1) is 12.3. The average Bonchev–Trinajstić information content (AvgIpc) is 2.61. The van der Waals surface area contributed by atoms with Gasteiger partial charge in [-0.2, -0.15) is 0 Å². The summed E-state index contributed by atoms with van der Waals surface area (Å²) in [6, 6.07) is 3.62. The van der Waals surface area contributed by atoms with E-state index >= 15 is 0 Å². The molecule has 0 radical (unpaired) electrons. The van der Waals surface area contributed by atoms with Crippen molar-refractivity contribution in [3.05, 3.63) is 29.8 Å². The summed E-state index contributed by atoms with van der Waals surface area (Å²) in [5.74, 6) is -2.82. The highest BCUT2D eigenvalue weighted by Crippen LogP contribution is 2.15. The van der Waals surface area contributed by atoms with Crippen LogP contribution in [0.25, 0.3) is 0 Å². The molecule has 144 valence electrons. The number of carbonyl (C=O) groups is 3. The first-order valence-corrected chi connectivity index (χ1v) is 8.34. The lowest BCUT2D eigenvalue weighted by molar-refractivity contribution is -0.158. The smallest absolute Gasteiger partial charge is 0.326 e. The van der Waals surface area contributed by atoms with Gasteiger partial charge in [-0.15, -0.1) is 0 Å². The summed E-state index contributed by atoms with van der Waals surface area (Å²) in [5, 5.41) is 18.7. The van der Waals surface area contributed by atoms with Crippen molar-refractivity contribution in [2.45, 2.75) is 37.8 Å². The molecule has 0 saturated heterocycles. The quantitative estimate of drug-likeness (QED) is 0.333. The van der Waals surface area contributed by atoms with Gasteiger partial charge in [0.2, 0.25) is 11.8 Å². The number of nitrogens with zero attached hydrogens (tertiary/aromatic N) is 1. The molecule has 1 aromatic carbocycles. The van der Waals surface area contributed by atoms with E-state index in [1.165, 1.54) is 12.1 Å². The van der Waals surface area contributed by atoms with Crippen molar-refractivity contribution in [2.24, 2.45) is 17.2 Å². The molecule has 0 aliphatic rings. The fraction of sp³-hybridized carbons (Fsp3) is 0.471. The van der Waals surface area contributed by atoms with Gasteiger partial charge in [0.25, 0.3) is 0 Å². The van der Waals surface area contributed by atoms with Crippen molar-refractivity contribution in [1.82, 2.24) is 4.90 Å². The number of hydrogen-bond acceptors (Lipinski definition) is 7. The molecule has 1 rings (SSSR count). The minimum atomic E-state index is -1.34. The Hall–Kier alpha value is -2.49. The Morgan fingerprint density at radius 1 is 1.08 bits per heavy atom. The molecule has 8 N–H and O–H groups in total. The van der Waals surface area contributed by atoms with Crippen LogP contribution in [0, 0.1) is 0 Å². The second-order valence-corrected chi connectivity index (χ2v) is 5.92. The molecule has 0 aliphatic heterocycles. The van der Waals surface area contributed by atoms with Crippen LogP contribution in [0.5, 0.6) is 5.75 Å². The zero-order valence-electron chi connectivity index (χ0n) is 14.5. The van der Waals surface area contributed by atoms with E-state index in [1.807, 2.05) is 0 Å². The number of rotatable bonds is 10. The van der Waals surface area contributed by atoms with Crippen LogP contribution in [0.4, 0.5) is 0 Å². The number of imide groups is 1. The van der Waals surface area contributed by atoms with Crippen molar-refractivity contribution in [1.29, 1.82) is 0 Å². The van der Waals surface area contributed by atoms with Gasteiger partial charge in [-0.3, -0.25) is 14.5 Å². The molecule has 0 saturated carbocycles. The first kappa shape index (κ1) is 21.6. The summed E-state index contributed by atoms with van der Waals surface area (Å²) in [4.78, 5) is 37.1. The molecule has 0 heterocycles. The van der Waals surface area contributed by atoms with Crippen molar-refractivity contribution in [3.63, 3.8) is 0 Å². The number of phenolic OH excluding ortho intramolecular Hbond substituents is 1. The number of amides is 2. The zero-order valence-corrected chi connectivity index (χ0v) is 14.5. The topological polar surface area (TPSA) is 173 Å². The van der Waals surface area contributed by atoms with Crippen LogP contribution in [-0.2, 0) is 20.8 Å². The molecule has 0 aromatic heterocycles. The number of carboxylic acids is 1. The van der Waals surface area contributed by atoms with E-state index < -0.39 is 36.4 Å². The molecular weight excluding hydrogens is 340 g/mol. The maximum Gasteiger partial charge on any atom is 0.326 e. The van der Waals surface area contributed by atoms with E-state index in [-0.39, 0.29) is 18.6 Å². The van der Waals surface area contributed by atoms with Crippen LogP contribution in [0.15, 0.2) is 24.3 Å². The zero-order chi connectivity index (χ0) is 19.7. The SMILES string of the molecule is NCCCCC(C(=O)O)N(C(=O)CN)C(=O)C(N)Cc1ccc(O)cc1. The lowest BCUT2D eigenvalue weighted by Gasteiger charge is -2.29. The van der Waals surface area contributed by atoms with E-state index in [2.05, 4.69) is 0 Å². The number of nitrogens with two attached hydrogens (primary N) is 3. The molecule has 2 atom stereocenters. The number of benzene rings is 1. The number of carbonyl (C=O) groups excluding carboxylic acids is 2. The van der Waals surface area contributed by atoms with E-state index in [9.17, 15) is 24.6 Å². The highest BCUT2D eigenvalue weighted by molar-refractivity contribution is 6.02. The van der Waals surface area contributed by atoms with Gasteiger partial charge in [-0.25, -0.2) is 4.79 Å². The third-order valence-corrected chi connectivity index (χ3v) is 3.92. The summed E-state index contributed by atoms with van der Waals surface area (Å²) in [6.45, 7) is -0.121. The molecule has 2 unspecified atom stereocenters. The van der Waals surface area contributed by atoms with Gasteiger partial charge >= 0.3 is 5.97 Å². The molecular formula is C17H26N4O5. The summed E-state index contributed by atoms with van der Waals surface area (Å²) >= 11 is 0. The minimum Gasteiger partial charge on any atom is -0.508 e. The predicted molar refractivity (Wildman–Crippen MR) is 95.0 cm³/mol. The number of phenols is 1. The maximum atomic E-state index is 12.7. The van der Waals surface area contributed by atoms with E-state index in [1.54, 1.807) is 12.1 Å². The number of carboxylic acid groups (broad SMARTS) is 1. The Balaban J connectivity index is 2.97. The molecule has 2 amide bonds. The molecule has 9 nitrogen and oxygen atoms in total. The van der Waals surface area contributed by atoms with Gasteiger partial charge in [-0.05, 0) is 49.9 Å². The molecule has 26 heavy (non-hydrogen) atoms. The molecule has 0 aliphatic carbocycles. The summed E-state index contributed by atoms with van der Waals surface area (Å²) < 4.78 is 0.